The summed E-state index contributed by atoms with van der Waals surface area (Å²) in [5, 5.41) is 3.57. The molecular weight excluding hydrogens is 453 g/mol. The SMILES string of the molecule is CC.CC.CCOc1cc(Nc2nc(=O)c(CC)cn2Cc2cc(F)cc(Cl)c2)c(C)cc1C. The van der Waals surface area contributed by atoms with Gasteiger partial charge in [0.15, 0.2) is 0 Å². The Bertz CT molecular complexity index is 1110. The lowest BCUT2D eigenvalue weighted by atomic mass is 10.1. The zero-order chi connectivity index (χ0) is 25.8. The standard InChI is InChI=1S/C23H25ClFN3O2.2C2H6/c1-5-17-13-28(12-16-8-18(24)10-19(25)9-16)23(27-22(17)29)26-20-11-21(30-6-2)15(4)7-14(20)3;2*1-2/h7-11,13H,5-6,12H2,1-4H3,(H,26,27,29);2*1-2H3. The van der Waals surface area contributed by atoms with E-state index in [1.807, 2.05) is 67.5 Å². The number of aromatic nitrogens is 2. The van der Waals surface area contributed by atoms with Gasteiger partial charge in [-0.3, -0.25) is 4.79 Å². The number of nitrogens with zero attached hydrogens (tertiary/aromatic N) is 2. The van der Waals surface area contributed by atoms with Gasteiger partial charge in [0.2, 0.25) is 5.95 Å². The maximum absolute atomic E-state index is 13.8. The van der Waals surface area contributed by atoms with Crippen molar-refractivity contribution < 1.29 is 9.13 Å². The van der Waals surface area contributed by atoms with E-state index in [1.54, 1.807) is 16.8 Å². The van der Waals surface area contributed by atoms with Gasteiger partial charge in [0.05, 0.1) is 13.2 Å². The zero-order valence-corrected chi connectivity index (χ0v) is 22.3. The minimum atomic E-state index is -0.410. The predicted octanol–water partition coefficient (Wildman–Crippen LogP) is 7.46. The predicted molar refractivity (Wildman–Crippen MR) is 141 cm³/mol. The summed E-state index contributed by atoms with van der Waals surface area (Å²) in [5.74, 6) is 0.723. The summed E-state index contributed by atoms with van der Waals surface area (Å²) in [5.41, 5.74) is 3.77. The van der Waals surface area contributed by atoms with Crippen molar-refractivity contribution in [2.24, 2.45) is 0 Å². The van der Waals surface area contributed by atoms with Crippen molar-refractivity contribution in [2.45, 2.75) is 68.4 Å². The molecule has 0 fully saturated rings. The van der Waals surface area contributed by atoms with Crippen LogP contribution in [0.25, 0.3) is 0 Å². The Kier molecular flexibility index (Phi) is 12.4. The smallest absolute Gasteiger partial charge is 0.277 e. The molecular formula is C27H37ClFN3O2. The van der Waals surface area contributed by atoms with Crippen LogP contribution in [0.15, 0.2) is 41.3 Å². The van der Waals surface area contributed by atoms with Crippen LogP contribution in [0.4, 0.5) is 16.0 Å². The summed E-state index contributed by atoms with van der Waals surface area (Å²) in [6.45, 7) is 16.6. The first-order valence-corrected chi connectivity index (χ1v) is 12.2. The molecule has 0 aliphatic rings. The molecule has 0 aliphatic heterocycles. The fourth-order valence-electron chi connectivity index (χ4n) is 3.30. The Morgan fingerprint density at radius 3 is 2.29 bits per heavy atom. The molecule has 1 heterocycles. The third-order valence-electron chi connectivity index (χ3n) is 4.79. The van der Waals surface area contributed by atoms with Crippen LogP contribution in [0.5, 0.6) is 5.75 Å². The van der Waals surface area contributed by atoms with Gasteiger partial charge in [-0.1, -0.05) is 52.3 Å². The van der Waals surface area contributed by atoms with Crippen LogP contribution in [0.3, 0.4) is 0 Å². The van der Waals surface area contributed by atoms with E-state index in [2.05, 4.69) is 10.3 Å². The fraction of sp³-hybridized carbons (Fsp3) is 0.407. The molecule has 0 saturated carbocycles. The summed E-state index contributed by atoms with van der Waals surface area (Å²) >= 11 is 6.01. The van der Waals surface area contributed by atoms with E-state index in [0.29, 0.717) is 41.7 Å². The molecule has 0 amide bonds. The van der Waals surface area contributed by atoms with Crippen molar-refractivity contribution in [3.8, 4) is 5.75 Å². The van der Waals surface area contributed by atoms with Crippen molar-refractivity contribution in [3.63, 3.8) is 0 Å². The van der Waals surface area contributed by atoms with E-state index < -0.39 is 5.82 Å². The highest BCUT2D eigenvalue weighted by Gasteiger charge is 2.12. The molecule has 3 rings (SSSR count). The molecule has 7 heteroatoms. The number of benzene rings is 2. The monoisotopic (exact) mass is 489 g/mol. The molecule has 3 aromatic rings. The second kappa shape index (κ2) is 14.4. The Balaban J connectivity index is 0.00000137. The molecule has 0 radical (unpaired) electrons. The molecule has 0 atom stereocenters. The van der Waals surface area contributed by atoms with Crippen LogP contribution >= 0.6 is 11.6 Å². The largest absolute Gasteiger partial charge is 0.494 e. The van der Waals surface area contributed by atoms with Crippen LogP contribution in [-0.4, -0.2) is 16.2 Å². The van der Waals surface area contributed by atoms with Gasteiger partial charge >= 0.3 is 0 Å². The normalized spacial score (nSPS) is 9.94. The number of ether oxygens (including phenoxy) is 1. The van der Waals surface area contributed by atoms with Gasteiger partial charge in [0.25, 0.3) is 5.56 Å². The number of aryl methyl sites for hydroxylation is 3. The highest BCUT2D eigenvalue weighted by molar-refractivity contribution is 6.30. The van der Waals surface area contributed by atoms with Crippen LogP contribution < -0.4 is 15.6 Å². The molecule has 0 unspecified atom stereocenters. The van der Waals surface area contributed by atoms with Crippen molar-refractivity contribution in [1.82, 2.24) is 9.55 Å². The molecule has 0 spiro atoms. The second-order valence-corrected chi connectivity index (χ2v) is 7.58. The topological polar surface area (TPSA) is 56.1 Å². The van der Waals surface area contributed by atoms with Crippen LogP contribution in [-0.2, 0) is 13.0 Å². The number of anilines is 2. The van der Waals surface area contributed by atoms with E-state index in [0.717, 1.165) is 22.6 Å². The summed E-state index contributed by atoms with van der Waals surface area (Å²) < 4.78 is 21.3. The van der Waals surface area contributed by atoms with Crippen molar-refractivity contribution in [3.05, 3.63) is 80.0 Å². The van der Waals surface area contributed by atoms with Crippen molar-refractivity contribution in [2.75, 3.05) is 11.9 Å². The third kappa shape index (κ3) is 7.87. The van der Waals surface area contributed by atoms with Crippen molar-refractivity contribution >= 4 is 23.2 Å². The molecule has 186 valence electrons. The van der Waals surface area contributed by atoms with Crippen LogP contribution in [0.1, 0.15) is 63.8 Å². The lowest BCUT2D eigenvalue weighted by molar-refractivity contribution is 0.338. The van der Waals surface area contributed by atoms with Crippen LogP contribution in [0.2, 0.25) is 5.02 Å². The van der Waals surface area contributed by atoms with E-state index in [-0.39, 0.29) is 5.56 Å². The zero-order valence-electron chi connectivity index (χ0n) is 21.6. The summed E-state index contributed by atoms with van der Waals surface area (Å²) in [4.78, 5) is 16.7. The van der Waals surface area contributed by atoms with E-state index in [1.165, 1.54) is 12.1 Å². The number of nitrogens with one attached hydrogen (secondary N) is 1. The molecule has 34 heavy (non-hydrogen) atoms. The first kappa shape index (κ1) is 29.2. The summed E-state index contributed by atoms with van der Waals surface area (Å²) in [7, 11) is 0. The minimum Gasteiger partial charge on any atom is -0.494 e. The highest BCUT2D eigenvalue weighted by Crippen LogP contribution is 2.28. The van der Waals surface area contributed by atoms with E-state index >= 15 is 0 Å². The average Bonchev–Trinajstić information content (AvgIpc) is 2.80. The number of hydrogen-bond acceptors (Lipinski definition) is 4. The van der Waals surface area contributed by atoms with E-state index in [4.69, 9.17) is 16.3 Å². The molecule has 5 nitrogen and oxygen atoms in total. The number of halogens is 2. The average molecular weight is 490 g/mol. The maximum Gasteiger partial charge on any atom is 0.277 e. The third-order valence-corrected chi connectivity index (χ3v) is 5.01. The summed E-state index contributed by atoms with van der Waals surface area (Å²) in [6.07, 6.45) is 2.30. The van der Waals surface area contributed by atoms with Gasteiger partial charge in [-0.15, -0.1) is 0 Å². The number of hydrogen-bond donors (Lipinski definition) is 1. The minimum absolute atomic E-state index is 0.289. The lowest BCUT2D eigenvalue weighted by Crippen LogP contribution is -2.21. The van der Waals surface area contributed by atoms with Gasteiger partial charge in [0.1, 0.15) is 11.6 Å². The molecule has 0 bridgehead atoms. The Hall–Kier alpha value is -2.86. The highest BCUT2D eigenvalue weighted by atomic mass is 35.5. The lowest BCUT2D eigenvalue weighted by Gasteiger charge is -2.18. The molecule has 1 aromatic heterocycles. The van der Waals surface area contributed by atoms with Crippen molar-refractivity contribution in [1.29, 1.82) is 0 Å². The van der Waals surface area contributed by atoms with Gasteiger partial charge in [-0.25, -0.2) is 4.39 Å². The Labute approximate surface area is 208 Å². The fourth-order valence-corrected chi connectivity index (χ4v) is 3.54. The Morgan fingerprint density at radius 2 is 1.71 bits per heavy atom. The first-order chi connectivity index (χ1) is 16.3. The van der Waals surface area contributed by atoms with Crippen LogP contribution in [0, 0.1) is 19.7 Å². The van der Waals surface area contributed by atoms with Gasteiger partial charge in [-0.05, 0) is 62.1 Å². The molecule has 1 N–H and O–H groups in total. The molecule has 0 saturated heterocycles. The quantitative estimate of drug-likeness (QED) is 0.374. The molecule has 2 aromatic carbocycles. The van der Waals surface area contributed by atoms with Gasteiger partial charge in [-0.2, -0.15) is 4.98 Å². The second-order valence-electron chi connectivity index (χ2n) is 7.14. The van der Waals surface area contributed by atoms with Gasteiger partial charge in [0, 0.05) is 28.5 Å². The first-order valence-electron chi connectivity index (χ1n) is 11.9. The molecule has 0 aliphatic carbocycles. The summed E-state index contributed by atoms with van der Waals surface area (Å²) in [6, 6.07) is 8.29. The maximum atomic E-state index is 13.8. The van der Waals surface area contributed by atoms with Gasteiger partial charge < -0.3 is 14.6 Å². The Morgan fingerprint density at radius 1 is 1.03 bits per heavy atom. The van der Waals surface area contributed by atoms with E-state index in [9.17, 15) is 9.18 Å². The number of rotatable bonds is 7.